The number of hydrazine groups is 1. The van der Waals surface area contributed by atoms with Crippen molar-refractivity contribution in [3.8, 4) is 5.75 Å². The van der Waals surface area contributed by atoms with Gasteiger partial charge in [-0.25, -0.2) is 5.01 Å². The molecule has 3 aromatic rings. The van der Waals surface area contributed by atoms with Crippen molar-refractivity contribution in [1.82, 2.24) is 20.6 Å². The lowest BCUT2D eigenvalue weighted by atomic mass is 10.1. The highest BCUT2D eigenvalue weighted by Gasteiger charge is 2.24. The highest BCUT2D eigenvalue weighted by Crippen LogP contribution is 2.28. The lowest BCUT2D eigenvalue weighted by molar-refractivity contribution is 0.0745. The highest BCUT2D eigenvalue weighted by molar-refractivity contribution is 6.07. The van der Waals surface area contributed by atoms with Crippen molar-refractivity contribution in [1.29, 1.82) is 0 Å². The minimum absolute atomic E-state index is 0.185. The topological polar surface area (TPSA) is 73.8 Å². The summed E-state index contributed by atoms with van der Waals surface area (Å²) >= 11 is 0. The van der Waals surface area contributed by atoms with Crippen LogP contribution in [0.4, 0.5) is 11.5 Å². The van der Waals surface area contributed by atoms with Gasteiger partial charge in [0.2, 0.25) is 0 Å². The zero-order chi connectivity index (χ0) is 22.6. The van der Waals surface area contributed by atoms with Crippen LogP contribution in [0.3, 0.4) is 0 Å². The molecule has 8 nitrogen and oxygen atoms in total. The van der Waals surface area contributed by atoms with Crippen molar-refractivity contribution < 1.29 is 9.53 Å². The van der Waals surface area contributed by atoms with Gasteiger partial charge in [0.05, 0.1) is 7.11 Å². The van der Waals surface area contributed by atoms with Gasteiger partial charge in [0.1, 0.15) is 5.75 Å². The number of rotatable bonds is 5. The van der Waals surface area contributed by atoms with E-state index in [0.717, 1.165) is 80.1 Å². The van der Waals surface area contributed by atoms with E-state index in [-0.39, 0.29) is 5.91 Å². The van der Waals surface area contributed by atoms with Crippen LogP contribution in [0.1, 0.15) is 29.8 Å². The van der Waals surface area contributed by atoms with Crippen LogP contribution in [0, 0.1) is 0 Å². The molecule has 0 bridgehead atoms. The zero-order valence-electron chi connectivity index (χ0n) is 19.0. The van der Waals surface area contributed by atoms with Crippen molar-refractivity contribution in [2.24, 2.45) is 0 Å². The number of hydrogen-bond donors (Lipinski definition) is 1. The normalized spacial score (nSPS) is 17.2. The number of nitrogens with one attached hydrogen (secondary N) is 1. The number of ether oxygens (including phenoxy) is 1. The number of carbonyl (C=O) groups excluding carboxylic acids is 1. The number of carbonyl (C=O) groups is 1. The van der Waals surface area contributed by atoms with Gasteiger partial charge in [-0.15, -0.1) is 10.2 Å². The summed E-state index contributed by atoms with van der Waals surface area (Å²) in [5, 5.41) is 12.7. The first kappa shape index (κ1) is 21.5. The van der Waals surface area contributed by atoms with Crippen molar-refractivity contribution in [2.45, 2.75) is 19.3 Å². The van der Waals surface area contributed by atoms with Gasteiger partial charge in [0.25, 0.3) is 5.91 Å². The molecule has 0 radical (unpaired) electrons. The second-order valence-electron chi connectivity index (χ2n) is 8.58. The maximum atomic E-state index is 13.0. The second kappa shape index (κ2) is 9.62. The van der Waals surface area contributed by atoms with Crippen LogP contribution in [0.25, 0.3) is 10.8 Å². The summed E-state index contributed by atoms with van der Waals surface area (Å²) < 4.78 is 5.37. The van der Waals surface area contributed by atoms with E-state index in [9.17, 15) is 4.79 Å². The third kappa shape index (κ3) is 4.57. The van der Waals surface area contributed by atoms with Crippen molar-refractivity contribution >= 4 is 28.2 Å². The van der Waals surface area contributed by atoms with E-state index in [1.54, 1.807) is 7.11 Å². The zero-order valence-corrected chi connectivity index (χ0v) is 19.0. The summed E-state index contributed by atoms with van der Waals surface area (Å²) in [6.07, 6.45) is 3.43. The van der Waals surface area contributed by atoms with Gasteiger partial charge >= 0.3 is 0 Å². The van der Waals surface area contributed by atoms with Gasteiger partial charge in [-0.2, -0.15) is 0 Å². The summed E-state index contributed by atoms with van der Waals surface area (Å²) in [6, 6.07) is 16.1. The summed E-state index contributed by atoms with van der Waals surface area (Å²) in [4.78, 5) is 17.6. The van der Waals surface area contributed by atoms with E-state index in [1.807, 2.05) is 41.4 Å². The number of fused-ring (bicyclic) bond motifs is 1. The van der Waals surface area contributed by atoms with Crippen LogP contribution in [-0.4, -0.2) is 67.5 Å². The molecule has 5 rings (SSSR count). The van der Waals surface area contributed by atoms with Gasteiger partial charge < -0.3 is 14.5 Å². The molecule has 0 unspecified atom stereocenters. The summed E-state index contributed by atoms with van der Waals surface area (Å²) in [5.74, 6) is 1.52. The summed E-state index contributed by atoms with van der Waals surface area (Å²) in [7, 11) is 1.69. The minimum atomic E-state index is -0.185. The molecule has 2 saturated heterocycles. The molecule has 33 heavy (non-hydrogen) atoms. The Balaban J connectivity index is 1.34. The number of anilines is 2. The molecule has 3 heterocycles. The van der Waals surface area contributed by atoms with Crippen LogP contribution >= 0.6 is 0 Å². The van der Waals surface area contributed by atoms with Crippen molar-refractivity contribution in [2.75, 3.05) is 56.2 Å². The number of aromatic nitrogens is 2. The first-order chi connectivity index (χ1) is 16.2. The second-order valence-corrected chi connectivity index (χ2v) is 8.58. The van der Waals surface area contributed by atoms with Crippen LogP contribution in [-0.2, 0) is 0 Å². The molecule has 1 aromatic heterocycles. The highest BCUT2D eigenvalue weighted by atomic mass is 16.5. The molecule has 1 amide bonds. The van der Waals surface area contributed by atoms with Gasteiger partial charge in [-0.1, -0.05) is 36.8 Å². The minimum Gasteiger partial charge on any atom is -0.497 e. The Hall–Kier alpha value is -3.39. The quantitative estimate of drug-likeness (QED) is 0.646. The molecule has 1 N–H and O–H groups in total. The van der Waals surface area contributed by atoms with E-state index in [2.05, 4.69) is 37.6 Å². The van der Waals surface area contributed by atoms with Gasteiger partial charge in [-0.05, 0) is 25.0 Å². The van der Waals surface area contributed by atoms with Crippen LogP contribution < -0.4 is 20.0 Å². The van der Waals surface area contributed by atoms with E-state index < -0.39 is 0 Å². The van der Waals surface area contributed by atoms with Gasteiger partial charge in [-0.3, -0.25) is 10.2 Å². The molecule has 0 aliphatic carbocycles. The maximum absolute atomic E-state index is 13.0. The molecule has 0 saturated carbocycles. The Morgan fingerprint density at radius 2 is 1.58 bits per heavy atom. The molecular weight excluding hydrogens is 416 g/mol. The number of piperidine rings is 1. The Morgan fingerprint density at radius 3 is 2.33 bits per heavy atom. The number of amides is 1. The fourth-order valence-electron chi connectivity index (χ4n) is 4.68. The number of hydrogen-bond acceptors (Lipinski definition) is 7. The lowest BCUT2D eigenvalue weighted by Crippen LogP contribution is -2.47. The number of piperazine rings is 1. The average Bonchev–Trinajstić information content (AvgIpc) is 2.89. The monoisotopic (exact) mass is 446 g/mol. The first-order valence-electron chi connectivity index (χ1n) is 11.7. The Kier molecular flexibility index (Phi) is 6.26. The van der Waals surface area contributed by atoms with Gasteiger partial charge in [0.15, 0.2) is 11.5 Å². The molecular formula is C25H30N6O2. The third-order valence-corrected chi connectivity index (χ3v) is 6.50. The molecule has 172 valence electrons. The molecule has 2 aliphatic rings. The van der Waals surface area contributed by atoms with E-state index in [1.165, 1.54) is 6.42 Å². The standard InChI is InChI=1S/C25H30N6O2/c1-33-20-9-7-8-19(18-20)29-14-16-30(17-15-29)24-22-11-4-3-10-21(22)23(26-27-24)25(32)28-31-12-5-2-6-13-31/h3-4,7-11,18H,2,5-6,12-17H2,1H3,(H,28,32). The molecule has 2 aliphatic heterocycles. The number of nitrogens with zero attached hydrogens (tertiary/aromatic N) is 5. The predicted molar refractivity (Wildman–Crippen MR) is 130 cm³/mol. The fourth-order valence-corrected chi connectivity index (χ4v) is 4.68. The van der Waals surface area contributed by atoms with Gasteiger partial charge in [0, 0.05) is 61.8 Å². The Morgan fingerprint density at radius 1 is 0.848 bits per heavy atom. The fraction of sp³-hybridized carbons (Fsp3) is 0.400. The molecule has 0 atom stereocenters. The van der Waals surface area contributed by atoms with Crippen LogP contribution in [0.2, 0.25) is 0 Å². The first-order valence-corrected chi connectivity index (χ1v) is 11.7. The SMILES string of the molecule is COc1cccc(N2CCN(c3nnc(C(=O)NN4CCCCC4)c4ccccc34)CC2)c1. The molecule has 2 aromatic carbocycles. The van der Waals surface area contributed by atoms with Crippen LogP contribution in [0.5, 0.6) is 5.75 Å². The lowest BCUT2D eigenvalue weighted by Gasteiger charge is -2.37. The Bertz CT molecular complexity index is 1120. The molecule has 8 heteroatoms. The predicted octanol–water partition coefficient (Wildman–Crippen LogP) is 3.10. The average molecular weight is 447 g/mol. The number of benzene rings is 2. The van der Waals surface area contributed by atoms with Crippen molar-refractivity contribution in [3.05, 3.63) is 54.2 Å². The molecule has 0 spiro atoms. The largest absolute Gasteiger partial charge is 0.497 e. The third-order valence-electron chi connectivity index (χ3n) is 6.50. The number of methoxy groups -OCH3 is 1. The summed E-state index contributed by atoms with van der Waals surface area (Å²) in [6.45, 7) is 5.17. The van der Waals surface area contributed by atoms with E-state index >= 15 is 0 Å². The maximum Gasteiger partial charge on any atom is 0.286 e. The smallest absolute Gasteiger partial charge is 0.286 e. The van der Waals surface area contributed by atoms with E-state index in [0.29, 0.717) is 5.69 Å². The van der Waals surface area contributed by atoms with E-state index in [4.69, 9.17) is 4.74 Å². The van der Waals surface area contributed by atoms with Crippen LogP contribution in [0.15, 0.2) is 48.5 Å². The Labute approximate surface area is 194 Å². The summed E-state index contributed by atoms with van der Waals surface area (Å²) in [5.41, 5.74) is 4.57. The van der Waals surface area contributed by atoms with Crippen molar-refractivity contribution in [3.63, 3.8) is 0 Å². The molecule has 2 fully saturated rings.